The molecule has 4 heteroatoms. The molecule has 1 aliphatic heterocycles. The third-order valence-electron chi connectivity index (χ3n) is 3.72. The van der Waals surface area contributed by atoms with Gasteiger partial charge in [0.1, 0.15) is 5.54 Å². The van der Waals surface area contributed by atoms with E-state index in [9.17, 15) is 0 Å². The Balaban J connectivity index is 2.38. The van der Waals surface area contributed by atoms with Crippen LogP contribution in [-0.4, -0.2) is 49.3 Å². The predicted molar refractivity (Wildman–Crippen MR) is 68.8 cm³/mol. The summed E-state index contributed by atoms with van der Waals surface area (Å²) in [4.78, 5) is 2.46. The SMILES string of the molecule is CNC(C)(C#N)CCCN1CCOCC1(C)C. The van der Waals surface area contributed by atoms with Gasteiger partial charge in [0.15, 0.2) is 0 Å². The van der Waals surface area contributed by atoms with Gasteiger partial charge >= 0.3 is 0 Å². The fourth-order valence-electron chi connectivity index (χ4n) is 2.17. The molecular formula is C13H25N3O. The molecule has 0 aromatic heterocycles. The van der Waals surface area contributed by atoms with E-state index in [0.717, 1.165) is 39.1 Å². The van der Waals surface area contributed by atoms with Crippen LogP contribution in [0.4, 0.5) is 0 Å². The Morgan fingerprint density at radius 1 is 1.53 bits per heavy atom. The highest BCUT2D eigenvalue weighted by atomic mass is 16.5. The van der Waals surface area contributed by atoms with Crippen LogP contribution in [0.2, 0.25) is 0 Å². The highest BCUT2D eigenvalue weighted by molar-refractivity contribution is 5.02. The normalized spacial score (nSPS) is 23.9. The zero-order valence-electron chi connectivity index (χ0n) is 11.5. The molecule has 0 radical (unpaired) electrons. The largest absolute Gasteiger partial charge is 0.378 e. The van der Waals surface area contributed by atoms with Crippen LogP contribution in [-0.2, 0) is 4.74 Å². The van der Waals surface area contributed by atoms with Crippen LogP contribution in [0, 0.1) is 11.3 Å². The van der Waals surface area contributed by atoms with Crippen molar-refractivity contribution in [1.82, 2.24) is 10.2 Å². The Morgan fingerprint density at radius 2 is 2.24 bits per heavy atom. The summed E-state index contributed by atoms with van der Waals surface area (Å²) in [5, 5.41) is 12.2. The molecule has 17 heavy (non-hydrogen) atoms. The summed E-state index contributed by atoms with van der Waals surface area (Å²) in [6.07, 6.45) is 1.92. The Morgan fingerprint density at radius 3 is 2.76 bits per heavy atom. The Labute approximate surface area is 105 Å². The lowest BCUT2D eigenvalue weighted by Gasteiger charge is -2.42. The lowest BCUT2D eigenvalue weighted by Crippen LogP contribution is -2.53. The molecule has 98 valence electrons. The predicted octanol–water partition coefficient (Wildman–Crippen LogP) is 1.38. The van der Waals surface area contributed by atoms with Crippen molar-refractivity contribution >= 4 is 0 Å². The lowest BCUT2D eigenvalue weighted by molar-refractivity contribution is -0.0516. The molecule has 4 nitrogen and oxygen atoms in total. The zero-order chi connectivity index (χ0) is 12.9. The van der Waals surface area contributed by atoms with Crippen LogP contribution in [0.25, 0.3) is 0 Å². The first-order valence-electron chi connectivity index (χ1n) is 6.36. The number of nitrogens with zero attached hydrogens (tertiary/aromatic N) is 2. The molecule has 0 aromatic carbocycles. The maximum atomic E-state index is 9.08. The van der Waals surface area contributed by atoms with E-state index in [0.29, 0.717) is 0 Å². The zero-order valence-corrected chi connectivity index (χ0v) is 11.5. The van der Waals surface area contributed by atoms with Gasteiger partial charge in [-0.3, -0.25) is 4.90 Å². The summed E-state index contributed by atoms with van der Waals surface area (Å²) in [6, 6.07) is 2.33. The first-order chi connectivity index (χ1) is 7.93. The number of morpholine rings is 1. The highest BCUT2D eigenvalue weighted by Gasteiger charge is 2.30. The van der Waals surface area contributed by atoms with Crippen molar-refractivity contribution in [2.75, 3.05) is 33.4 Å². The van der Waals surface area contributed by atoms with Gasteiger partial charge in [0.05, 0.1) is 19.3 Å². The topological polar surface area (TPSA) is 48.3 Å². The van der Waals surface area contributed by atoms with Crippen LogP contribution >= 0.6 is 0 Å². The van der Waals surface area contributed by atoms with Crippen molar-refractivity contribution < 1.29 is 4.74 Å². The van der Waals surface area contributed by atoms with Crippen LogP contribution in [0.5, 0.6) is 0 Å². The minimum absolute atomic E-state index is 0.126. The quantitative estimate of drug-likeness (QED) is 0.787. The summed E-state index contributed by atoms with van der Waals surface area (Å²) >= 11 is 0. The second kappa shape index (κ2) is 5.81. The number of hydrogen-bond acceptors (Lipinski definition) is 4. The third-order valence-corrected chi connectivity index (χ3v) is 3.72. The fraction of sp³-hybridized carbons (Fsp3) is 0.923. The summed E-state index contributed by atoms with van der Waals surface area (Å²) in [5.74, 6) is 0. The number of nitrogens with one attached hydrogen (secondary N) is 1. The van der Waals surface area contributed by atoms with Gasteiger partial charge in [-0.2, -0.15) is 5.26 Å². The average Bonchev–Trinajstić information content (AvgIpc) is 2.31. The van der Waals surface area contributed by atoms with Crippen LogP contribution in [0.1, 0.15) is 33.6 Å². The molecule has 1 atom stereocenters. The second-order valence-corrected chi connectivity index (χ2v) is 5.65. The molecule has 1 rings (SSSR count). The molecule has 1 saturated heterocycles. The van der Waals surface area contributed by atoms with Crippen molar-refractivity contribution in [2.24, 2.45) is 0 Å². The standard InChI is InChI=1S/C13H25N3O/c1-12(2)11-17-9-8-16(12)7-5-6-13(3,10-14)15-4/h15H,5-9,11H2,1-4H3. The van der Waals surface area contributed by atoms with Crippen molar-refractivity contribution in [1.29, 1.82) is 5.26 Å². The first-order valence-corrected chi connectivity index (χ1v) is 6.36. The van der Waals surface area contributed by atoms with Crippen LogP contribution in [0.3, 0.4) is 0 Å². The number of rotatable bonds is 5. The van der Waals surface area contributed by atoms with Gasteiger partial charge in [0.25, 0.3) is 0 Å². The molecule has 0 aromatic rings. The number of hydrogen-bond donors (Lipinski definition) is 1. The third kappa shape index (κ3) is 3.95. The molecule has 0 spiro atoms. The van der Waals surface area contributed by atoms with Gasteiger partial charge in [0, 0.05) is 12.1 Å². The summed E-state index contributed by atoms with van der Waals surface area (Å²) in [7, 11) is 1.85. The van der Waals surface area contributed by atoms with Gasteiger partial charge in [-0.15, -0.1) is 0 Å². The van der Waals surface area contributed by atoms with Gasteiger partial charge < -0.3 is 10.1 Å². The first kappa shape index (κ1) is 14.4. The second-order valence-electron chi connectivity index (χ2n) is 5.65. The minimum atomic E-state index is -0.392. The fourth-order valence-corrected chi connectivity index (χ4v) is 2.17. The van der Waals surface area contributed by atoms with Crippen molar-refractivity contribution in [3.63, 3.8) is 0 Å². The van der Waals surface area contributed by atoms with Gasteiger partial charge in [-0.05, 0) is 47.2 Å². The molecule has 1 fully saturated rings. The molecule has 1 heterocycles. The van der Waals surface area contributed by atoms with Crippen molar-refractivity contribution in [2.45, 2.75) is 44.7 Å². The van der Waals surface area contributed by atoms with Crippen LogP contribution < -0.4 is 5.32 Å². The summed E-state index contributed by atoms with van der Waals surface area (Å²) in [6.45, 7) is 10.0. The smallest absolute Gasteiger partial charge is 0.103 e. The monoisotopic (exact) mass is 239 g/mol. The van der Waals surface area contributed by atoms with Crippen molar-refractivity contribution in [3.8, 4) is 6.07 Å². The van der Waals surface area contributed by atoms with Gasteiger partial charge in [-0.1, -0.05) is 0 Å². The van der Waals surface area contributed by atoms with E-state index in [-0.39, 0.29) is 5.54 Å². The maximum absolute atomic E-state index is 9.08. The van der Waals surface area contributed by atoms with Crippen LogP contribution in [0.15, 0.2) is 0 Å². The lowest BCUT2D eigenvalue weighted by atomic mass is 9.96. The Hall–Kier alpha value is -0.630. The van der Waals surface area contributed by atoms with E-state index in [2.05, 4.69) is 30.1 Å². The van der Waals surface area contributed by atoms with E-state index in [1.54, 1.807) is 0 Å². The van der Waals surface area contributed by atoms with E-state index in [4.69, 9.17) is 10.00 Å². The molecule has 1 aliphatic rings. The molecule has 0 saturated carbocycles. The Bertz CT molecular complexity index is 285. The molecule has 0 amide bonds. The van der Waals surface area contributed by atoms with Gasteiger partial charge in [0.2, 0.25) is 0 Å². The van der Waals surface area contributed by atoms with E-state index < -0.39 is 5.54 Å². The molecule has 1 unspecified atom stereocenters. The Kier molecular flexibility index (Phi) is 4.93. The summed E-state index contributed by atoms with van der Waals surface area (Å²) < 4.78 is 5.50. The van der Waals surface area contributed by atoms with E-state index in [1.165, 1.54) is 0 Å². The maximum Gasteiger partial charge on any atom is 0.103 e. The molecular weight excluding hydrogens is 214 g/mol. The van der Waals surface area contributed by atoms with E-state index >= 15 is 0 Å². The van der Waals surface area contributed by atoms with E-state index in [1.807, 2.05) is 14.0 Å². The van der Waals surface area contributed by atoms with Crippen molar-refractivity contribution in [3.05, 3.63) is 0 Å². The molecule has 0 bridgehead atoms. The molecule has 1 N–H and O–H groups in total. The summed E-state index contributed by atoms with van der Waals surface area (Å²) in [5.41, 5.74) is -0.267. The number of nitriles is 1. The number of ether oxygens (including phenoxy) is 1. The molecule has 0 aliphatic carbocycles. The average molecular weight is 239 g/mol. The van der Waals surface area contributed by atoms with Gasteiger partial charge in [-0.25, -0.2) is 0 Å². The minimum Gasteiger partial charge on any atom is -0.378 e. The highest BCUT2D eigenvalue weighted by Crippen LogP contribution is 2.20.